The van der Waals surface area contributed by atoms with Crippen LogP contribution in [-0.2, 0) is 4.74 Å². The molecule has 3 nitrogen and oxygen atoms in total. The van der Waals surface area contributed by atoms with Crippen LogP contribution in [0, 0.1) is 0 Å². The van der Waals surface area contributed by atoms with E-state index in [9.17, 15) is 0 Å². The molecule has 18 heavy (non-hydrogen) atoms. The van der Waals surface area contributed by atoms with Crippen LogP contribution in [0.4, 0.5) is 0 Å². The molecule has 0 saturated heterocycles. The number of hydrogen-bond donors (Lipinski definition) is 1. The highest BCUT2D eigenvalue weighted by Gasteiger charge is 2.04. The minimum Gasteiger partial charge on any atom is -0.492 e. The van der Waals surface area contributed by atoms with E-state index in [1.807, 2.05) is 12.1 Å². The van der Waals surface area contributed by atoms with E-state index < -0.39 is 0 Å². The number of halogens is 2. The van der Waals surface area contributed by atoms with Crippen molar-refractivity contribution in [2.45, 2.75) is 12.8 Å². The third-order valence-electron chi connectivity index (χ3n) is 2.40. The number of ether oxygens (including phenoxy) is 2. The van der Waals surface area contributed by atoms with E-state index in [-0.39, 0.29) is 0 Å². The molecule has 0 fully saturated rings. The molecule has 0 bridgehead atoms. The molecule has 0 amide bonds. The van der Waals surface area contributed by atoms with Gasteiger partial charge in [-0.25, -0.2) is 0 Å². The van der Waals surface area contributed by atoms with Crippen LogP contribution >= 0.6 is 23.2 Å². The molecule has 0 radical (unpaired) electrons. The standard InChI is InChI=1S/C13H19Cl2NO2/c1-17-10-8-16-7-2-3-9-18-12-6-4-5-11(14)13(12)15/h4-6,16H,2-3,7-10H2,1H3. The highest BCUT2D eigenvalue weighted by Crippen LogP contribution is 2.31. The van der Waals surface area contributed by atoms with Gasteiger partial charge in [-0.05, 0) is 31.5 Å². The number of hydrogen-bond acceptors (Lipinski definition) is 3. The average Bonchev–Trinajstić information content (AvgIpc) is 2.37. The molecule has 5 heteroatoms. The maximum absolute atomic E-state index is 6.01. The molecule has 0 aliphatic carbocycles. The third kappa shape index (κ3) is 5.91. The van der Waals surface area contributed by atoms with Crippen molar-refractivity contribution in [3.63, 3.8) is 0 Å². The molecule has 1 rings (SSSR count). The van der Waals surface area contributed by atoms with Gasteiger partial charge in [-0.15, -0.1) is 0 Å². The Morgan fingerprint density at radius 2 is 1.94 bits per heavy atom. The van der Waals surface area contributed by atoms with Crippen LogP contribution in [0.5, 0.6) is 5.75 Å². The normalized spacial score (nSPS) is 10.6. The van der Waals surface area contributed by atoms with Crippen molar-refractivity contribution >= 4 is 23.2 Å². The number of unbranched alkanes of at least 4 members (excludes halogenated alkanes) is 1. The molecule has 1 aromatic rings. The van der Waals surface area contributed by atoms with Crippen molar-refractivity contribution in [2.75, 3.05) is 33.4 Å². The van der Waals surface area contributed by atoms with Crippen molar-refractivity contribution in [3.8, 4) is 5.75 Å². The van der Waals surface area contributed by atoms with Crippen molar-refractivity contribution in [2.24, 2.45) is 0 Å². The highest BCUT2D eigenvalue weighted by molar-refractivity contribution is 6.42. The Labute approximate surface area is 118 Å². The minimum atomic E-state index is 0.484. The van der Waals surface area contributed by atoms with E-state index in [1.54, 1.807) is 13.2 Å². The summed E-state index contributed by atoms with van der Waals surface area (Å²) in [6.45, 7) is 3.24. The maximum Gasteiger partial charge on any atom is 0.139 e. The zero-order valence-corrected chi connectivity index (χ0v) is 12.1. The van der Waals surface area contributed by atoms with Crippen LogP contribution in [0.25, 0.3) is 0 Å². The molecule has 0 unspecified atom stereocenters. The van der Waals surface area contributed by atoms with E-state index in [0.29, 0.717) is 22.4 Å². The Morgan fingerprint density at radius 3 is 2.72 bits per heavy atom. The van der Waals surface area contributed by atoms with E-state index in [4.69, 9.17) is 32.7 Å². The van der Waals surface area contributed by atoms with Gasteiger partial charge in [-0.3, -0.25) is 0 Å². The van der Waals surface area contributed by atoms with Crippen LogP contribution in [-0.4, -0.2) is 33.4 Å². The lowest BCUT2D eigenvalue weighted by molar-refractivity contribution is 0.199. The molecule has 0 saturated carbocycles. The summed E-state index contributed by atoms with van der Waals surface area (Å²) in [6, 6.07) is 5.40. The quantitative estimate of drug-likeness (QED) is 0.708. The fraction of sp³-hybridized carbons (Fsp3) is 0.538. The predicted molar refractivity (Wildman–Crippen MR) is 75.9 cm³/mol. The second-order valence-electron chi connectivity index (χ2n) is 3.85. The van der Waals surface area contributed by atoms with E-state index in [0.717, 1.165) is 32.5 Å². The topological polar surface area (TPSA) is 30.5 Å². The van der Waals surface area contributed by atoms with Crippen LogP contribution in [0.3, 0.4) is 0 Å². The van der Waals surface area contributed by atoms with Gasteiger partial charge in [-0.1, -0.05) is 29.3 Å². The van der Waals surface area contributed by atoms with Gasteiger partial charge >= 0.3 is 0 Å². The zero-order valence-electron chi connectivity index (χ0n) is 10.5. The summed E-state index contributed by atoms with van der Waals surface area (Å²) < 4.78 is 10.5. The lowest BCUT2D eigenvalue weighted by atomic mass is 10.3. The van der Waals surface area contributed by atoms with Gasteiger partial charge in [0.1, 0.15) is 10.8 Å². The van der Waals surface area contributed by atoms with Crippen LogP contribution in [0.2, 0.25) is 10.0 Å². The molecular formula is C13H19Cl2NO2. The van der Waals surface area contributed by atoms with Gasteiger partial charge in [0, 0.05) is 13.7 Å². The van der Waals surface area contributed by atoms with Crippen molar-refractivity contribution < 1.29 is 9.47 Å². The number of rotatable bonds is 9. The minimum absolute atomic E-state index is 0.484. The molecule has 0 atom stereocenters. The fourth-order valence-electron chi connectivity index (χ4n) is 1.43. The molecule has 0 spiro atoms. The molecular weight excluding hydrogens is 273 g/mol. The smallest absolute Gasteiger partial charge is 0.139 e. The van der Waals surface area contributed by atoms with Crippen molar-refractivity contribution in [1.82, 2.24) is 5.32 Å². The summed E-state index contributed by atoms with van der Waals surface area (Å²) in [7, 11) is 1.70. The van der Waals surface area contributed by atoms with Gasteiger partial charge in [0.2, 0.25) is 0 Å². The summed E-state index contributed by atoms with van der Waals surface area (Å²) in [5.74, 6) is 0.650. The van der Waals surface area contributed by atoms with Gasteiger partial charge in [0.25, 0.3) is 0 Å². The molecule has 102 valence electrons. The third-order valence-corrected chi connectivity index (χ3v) is 3.21. The second kappa shape index (κ2) is 9.45. The number of methoxy groups -OCH3 is 1. The lowest BCUT2D eigenvalue weighted by Crippen LogP contribution is -2.20. The molecule has 0 aliphatic heterocycles. The summed E-state index contributed by atoms with van der Waals surface area (Å²) in [4.78, 5) is 0. The van der Waals surface area contributed by atoms with Crippen LogP contribution in [0.15, 0.2) is 18.2 Å². The van der Waals surface area contributed by atoms with Gasteiger partial charge in [-0.2, -0.15) is 0 Å². The molecule has 0 aliphatic rings. The monoisotopic (exact) mass is 291 g/mol. The van der Waals surface area contributed by atoms with Gasteiger partial charge < -0.3 is 14.8 Å². The zero-order chi connectivity index (χ0) is 13.2. The van der Waals surface area contributed by atoms with Crippen molar-refractivity contribution in [3.05, 3.63) is 28.2 Å². The molecule has 1 N–H and O–H groups in total. The summed E-state index contributed by atoms with van der Waals surface area (Å²) >= 11 is 11.9. The molecule has 0 heterocycles. The SMILES string of the molecule is COCCNCCCCOc1cccc(Cl)c1Cl. The van der Waals surface area contributed by atoms with Crippen LogP contribution in [0.1, 0.15) is 12.8 Å². The van der Waals surface area contributed by atoms with Crippen LogP contribution < -0.4 is 10.1 Å². The van der Waals surface area contributed by atoms with E-state index in [1.165, 1.54) is 0 Å². The first kappa shape index (κ1) is 15.6. The summed E-state index contributed by atoms with van der Waals surface area (Å²) in [6.07, 6.45) is 2.03. The first-order chi connectivity index (χ1) is 8.75. The first-order valence-electron chi connectivity index (χ1n) is 6.02. The predicted octanol–water partition coefficient (Wildman–Crippen LogP) is 3.39. The van der Waals surface area contributed by atoms with E-state index in [2.05, 4.69) is 5.32 Å². The number of nitrogens with one attached hydrogen (secondary N) is 1. The second-order valence-corrected chi connectivity index (χ2v) is 4.64. The summed E-state index contributed by atoms with van der Waals surface area (Å²) in [5, 5.41) is 4.28. The Balaban J connectivity index is 2.09. The fourth-order valence-corrected chi connectivity index (χ4v) is 1.78. The Kier molecular flexibility index (Phi) is 8.18. The Morgan fingerprint density at radius 1 is 1.11 bits per heavy atom. The van der Waals surface area contributed by atoms with Gasteiger partial charge in [0.05, 0.1) is 18.2 Å². The van der Waals surface area contributed by atoms with Gasteiger partial charge in [0.15, 0.2) is 0 Å². The average molecular weight is 292 g/mol. The Bertz CT molecular complexity index is 348. The van der Waals surface area contributed by atoms with Crippen molar-refractivity contribution in [1.29, 1.82) is 0 Å². The highest BCUT2D eigenvalue weighted by atomic mass is 35.5. The maximum atomic E-state index is 6.01. The lowest BCUT2D eigenvalue weighted by Gasteiger charge is -2.09. The first-order valence-corrected chi connectivity index (χ1v) is 6.77. The Hall–Kier alpha value is -0.480. The van der Waals surface area contributed by atoms with E-state index >= 15 is 0 Å². The largest absolute Gasteiger partial charge is 0.492 e. The molecule has 1 aromatic carbocycles. The summed E-state index contributed by atoms with van der Waals surface area (Å²) in [5.41, 5.74) is 0. The number of benzene rings is 1. The molecule has 0 aromatic heterocycles.